The number of nitrogens with one attached hydrogen (secondary N) is 2. The average Bonchev–Trinajstić information content (AvgIpc) is 2.67. The fourth-order valence-electron chi connectivity index (χ4n) is 3.73. The van der Waals surface area contributed by atoms with Gasteiger partial charge in [0.05, 0.1) is 5.41 Å². The number of halogens is 2. The van der Waals surface area contributed by atoms with Gasteiger partial charge in [0, 0.05) is 13.1 Å². The standard InChI is InChI=1S/C22H26F2N2O/c1-22(2,17-5-9-19(24)10-6-17)21(27)26-14-16-13-25-12-11-20(16)15-3-7-18(23)8-4-15/h3-10,16,20,25H,11-14H2,1-2H3,(H,26,27)/t16-,20+/m0/s1. The Bertz CT molecular complexity index is 772. The van der Waals surface area contributed by atoms with Crippen LogP contribution in [0, 0.1) is 17.6 Å². The Hall–Kier alpha value is -2.27. The number of hydrogen-bond donors (Lipinski definition) is 2. The van der Waals surface area contributed by atoms with Gasteiger partial charge in [-0.25, -0.2) is 8.78 Å². The summed E-state index contributed by atoms with van der Waals surface area (Å²) in [4.78, 5) is 12.8. The van der Waals surface area contributed by atoms with E-state index in [1.807, 2.05) is 26.0 Å². The van der Waals surface area contributed by atoms with Crippen molar-refractivity contribution in [3.8, 4) is 0 Å². The predicted octanol–water partition coefficient (Wildman–Crippen LogP) is 3.75. The van der Waals surface area contributed by atoms with E-state index in [2.05, 4.69) is 10.6 Å². The molecule has 0 saturated carbocycles. The van der Waals surface area contributed by atoms with E-state index >= 15 is 0 Å². The summed E-state index contributed by atoms with van der Waals surface area (Å²) < 4.78 is 26.4. The third-order valence-electron chi connectivity index (χ3n) is 5.56. The number of rotatable bonds is 5. The van der Waals surface area contributed by atoms with Crippen LogP contribution in [0.15, 0.2) is 48.5 Å². The zero-order valence-corrected chi connectivity index (χ0v) is 15.8. The first-order valence-corrected chi connectivity index (χ1v) is 9.38. The first kappa shape index (κ1) is 19.5. The minimum absolute atomic E-state index is 0.0856. The van der Waals surface area contributed by atoms with E-state index in [1.54, 1.807) is 12.1 Å². The van der Waals surface area contributed by atoms with E-state index in [4.69, 9.17) is 0 Å². The minimum Gasteiger partial charge on any atom is -0.355 e. The average molecular weight is 372 g/mol. The molecule has 1 aliphatic heterocycles. The Morgan fingerprint density at radius 2 is 1.67 bits per heavy atom. The topological polar surface area (TPSA) is 41.1 Å². The number of piperidine rings is 1. The molecule has 0 unspecified atom stereocenters. The maximum absolute atomic E-state index is 13.2. The van der Waals surface area contributed by atoms with Crippen LogP contribution in [0.1, 0.15) is 37.3 Å². The van der Waals surface area contributed by atoms with Gasteiger partial charge < -0.3 is 10.6 Å². The van der Waals surface area contributed by atoms with Crippen molar-refractivity contribution >= 4 is 5.91 Å². The Morgan fingerprint density at radius 3 is 2.30 bits per heavy atom. The monoisotopic (exact) mass is 372 g/mol. The molecule has 1 amide bonds. The molecule has 144 valence electrons. The second kappa shape index (κ2) is 8.17. The van der Waals surface area contributed by atoms with Crippen molar-refractivity contribution in [3.63, 3.8) is 0 Å². The van der Waals surface area contributed by atoms with Crippen LogP contribution in [0.3, 0.4) is 0 Å². The molecule has 0 bridgehead atoms. The Labute approximate surface area is 159 Å². The molecular formula is C22H26F2N2O. The molecule has 0 aliphatic carbocycles. The lowest BCUT2D eigenvalue weighted by molar-refractivity contribution is -0.125. The lowest BCUT2D eigenvalue weighted by atomic mass is 9.80. The molecule has 2 aromatic carbocycles. The molecule has 2 N–H and O–H groups in total. The van der Waals surface area contributed by atoms with Gasteiger partial charge in [-0.2, -0.15) is 0 Å². The second-order valence-corrected chi connectivity index (χ2v) is 7.75. The van der Waals surface area contributed by atoms with Crippen LogP contribution in [0.5, 0.6) is 0 Å². The minimum atomic E-state index is -0.749. The van der Waals surface area contributed by atoms with E-state index < -0.39 is 5.41 Å². The van der Waals surface area contributed by atoms with E-state index in [1.165, 1.54) is 24.3 Å². The molecule has 3 rings (SSSR count). The lowest BCUT2D eigenvalue weighted by Gasteiger charge is -2.34. The largest absolute Gasteiger partial charge is 0.355 e. The van der Waals surface area contributed by atoms with Crippen LogP contribution in [-0.4, -0.2) is 25.5 Å². The van der Waals surface area contributed by atoms with Gasteiger partial charge in [0.25, 0.3) is 0 Å². The highest BCUT2D eigenvalue weighted by atomic mass is 19.1. The summed E-state index contributed by atoms with van der Waals surface area (Å²) in [6.45, 7) is 5.93. The van der Waals surface area contributed by atoms with Crippen molar-refractivity contribution in [2.45, 2.75) is 31.6 Å². The van der Waals surface area contributed by atoms with Crippen LogP contribution in [-0.2, 0) is 10.2 Å². The molecule has 0 radical (unpaired) electrons. The molecule has 0 aromatic heterocycles. The van der Waals surface area contributed by atoms with Crippen LogP contribution >= 0.6 is 0 Å². The summed E-state index contributed by atoms with van der Waals surface area (Å²) in [7, 11) is 0. The summed E-state index contributed by atoms with van der Waals surface area (Å²) in [5.41, 5.74) is 1.13. The number of amides is 1. The molecule has 27 heavy (non-hydrogen) atoms. The Balaban J connectivity index is 1.67. The number of benzene rings is 2. The van der Waals surface area contributed by atoms with Crippen LogP contribution in [0.2, 0.25) is 0 Å². The van der Waals surface area contributed by atoms with Crippen LogP contribution < -0.4 is 10.6 Å². The highest BCUT2D eigenvalue weighted by Crippen LogP contribution is 2.30. The fourth-order valence-corrected chi connectivity index (χ4v) is 3.73. The van der Waals surface area contributed by atoms with E-state index in [-0.39, 0.29) is 29.4 Å². The van der Waals surface area contributed by atoms with E-state index in [0.717, 1.165) is 30.6 Å². The highest BCUT2D eigenvalue weighted by molar-refractivity contribution is 5.87. The first-order valence-electron chi connectivity index (χ1n) is 9.38. The summed E-state index contributed by atoms with van der Waals surface area (Å²) in [5, 5.41) is 6.45. The molecule has 1 heterocycles. The molecule has 3 nitrogen and oxygen atoms in total. The smallest absolute Gasteiger partial charge is 0.230 e. The quantitative estimate of drug-likeness (QED) is 0.839. The third-order valence-corrected chi connectivity index (χ3v) is 5.56. The second-order valence-electron chi connectivity index (χ2n) is 7.75. The number of carbonyl (C=O) groups is 1. The maximum atomic E-state index is 13.2. The lowest BCUT2D eigenvalue weighted by Crippen LogP contribution is -2.46. The fraction of sp³-hybridized carbons (Fsp3) is 0.409. The molecule has 1 fully saturated rings. The molecule has 1 aliphatic rings. The Morgan fingerprint density at radius 1 is 1.07 bits per heavy atom. The summed E-state index contributed by atoms with van der Waals surface area (Å²) in [5.74, 6) is -0.125. The van der Waals surface area contributed by atoms with Gasteiger partial charge in [-0.15, -0.1) is 0 Å². The highest BCUT2D eigenvalue weighted by Gasteiger charge is 2.32. The van der Waals surface area contributed by atoms with Gasteiger partial charge >= 0.3 is 0 Å². The van der Waals surface area contributed by atoms with Gasteiger partial charge in [-0.1, -0.05) is 24.3 Å². The van der Waals surface area contributed by atoms with Crippen molar-refractivity contribution in [2.75, 3.05) is 19.6 Å². The molecule has 1 saturated heterocycles. The van der Waals surface area contributed by atoms with E-state index in [0.29, 0.717) is 6.54 Å². The molecule has 2 aromatic rings. The van der Waals surface area contributed by atoms with Crippen molar-refractivity contribution in [1.82, 2.24) is 10.6 Å². The molecular weight excluding hydrogens is 346 g/mol. The van der Waals surface area contributed by atoms with Crippen LogP contribution in [0.25, 0.3) is 0 Å². The van der Waals surface area contributed by atoms with Gasteiger partial charge in [0.1, 0.15) is 11.6 Å². The van der Waals surface area contributed by atoms with Crippen LogP contribution in [0.4, 0.5) is 8.78 Å². The SMILES string of the molecule is CC(C)(C(=O)NC[C@@H]1CNCC[C@@H]1c1ccc(F)cc1)c1ccc(F)cc1. The molecule has 0 spiro atoms. The number of hydrogen-bond acceptors (Lipinski definition) is 2. The normalized spacial score (nSPS) is 20.3. The van der Waals surface area contributed by atoms with Gasteiger partial charge in [0.2, 0.25) is 5.91 Å². The summed E-state index contributed by atoms with van der Waals surface area (Å²) >= 11 is 0. The van der Waals surface area contributed by atoms with Gasteiger partial charge in [-0.3, -0.25) is 4.79 Å². The predicted molar refractivity (Wildman–Crippen MR) is 103 cm³/mol. The first-order chi connectivity index (χ1) is 12.9. The van der Waals surface area contributed by atoms with Gasteiger partial charge in [0.15, 0.2) is 0 Å². The van der Waals surface area contributed by atoms with Crippen molar-refractivity contribution in [1.29, 1.82) is 0 Å². The summed E-state index contributed by atoms with van der Waals surface area (Å²) in [6, 6.07) is 12.7. The number of carbonyl (C=O) groups excluding carboxylic acids is 1. The van der Waals surface area contributed by atoms with Crippen molar-refractivity contribution in [3.05, 3.63) is 71.3 Å². The maximum Gasteiger partial charge on any atom is 0.230 e. The zero-order valence-electron chi connectivity index (χ0n) is 15.8. The van der Waals surface area contributed by atoms with Crippen molar-refractivity contribution < 1.29 is 13.6 Å². The third kappa shape index (κ3) is 4.53. The van der Waals surface area contributed by atoms with Gasteiger partial charge in [-0.05, 0) is 74.0 Å². The molecule has 2 atom stereocenters. The molecule has 5 heteroatoms. The Kier molecular flexibility index (Phi) is 5.90. The summed E-state index contributed by atoms with van der Waals surface area (Å²) in [6.07, 6.45) is 0.952. The zero-order chi connectivity index (χ0) is 19.4. The van der Waals surface area contributed by atoms with E-state index in [9.17, 15) is 13.6 Å². The van der Waals surface area contributed by atoms with Crippen molar-refractivity contribution in [2.24, 2.45) is 5.92 Å².